The van der Waals surface area contributed by atoms with Crippen molar-refractivity contribution in [3.63, 3.8) is 0 Å². The molecule has 0 atom stereocenters. The molecule has 2 aromatic heterocycles. The molecule has 3 heterocycles. The van der Waals surface area contributed by atoms with Gasteiger partial charge in [-0.15, -0.1) is 11.3 Å². The van der Waals surface area contributed by atoms with Gasteiger partial charge in [-0.3, -0.25) is 4.79 Å². The molecule has 6 heteroatoms. The number of nitrogens with zero attached hydrogens (tertiary/aromatic N) is 2. The van der Waals surface area contributed by atoms with Crippen molar-refractivity contribution in [1.29, 1.82) is 0 Å². The van der Waals surface area contributed by atoms with E-state index in [-0.39, 0.29) is 5.91 Å². The van der Waals surface area contributed by atoms with Gasteiger partial charge in [-0.2, -0.15) is 0 Å². The maximum atomic E-state index is 12.7. The van der Waals surface area contributed by atoms with E-state index < -0.39 is 0 Å². The van der Waals surface area contributed by atoms with Gasteiger partial charge in [-0.05, 0) is 57.4 Å². The fraction of sp³-hybridized carbons (Fsp3) is 0.0588. The first-order valence-electron chi connectivity index (χ1n) is 6.94. The van der Waals surface area contributed by atoms with E-state index in [1.54, 1.807) is 11.1 Å². The maximum absolute atomic E-state index is 12.7. The zero-order chi connectivity index (χ0) is 16.0. The van der Waals surface area contributed by atoms with Crippen LogP contribution < -0.4 is 4.90 Å². The number of carbonyl (C=O) groups excluding carboxylic acids is 1. The summed E-state index contributed by atoms with van der Waals surface area (Å²) in [5.74, 6) is 0.0364. The SMILES string of the molecule is O=C1c2sc(-c3ccc(Cl)cc3)cc2CN1c1ccc(Br)nc1. The maximum Gasteiger partial charge on any atom is 0.269 e. The molecule has 0 bridgehead atoms. The minimum absolute atomic E-state index is 0.0364. The molecule has 0 aliphatic carbocycles. The summed E-state index contributed by atoms with van der Waals surface area (Å²) in [5, 5.41) is 0.711. The lowest BCUT2D eigenvalue weighted by Gasteiger charge is -2.15. The van der Waals surface area contributed by atoms with Crippen molar-refractivity contribution in [3.8, 4) is 10.4 Å². The summed E-state index contributed by atoms with van der Waals surface area (Å²) in [5.41, 5.74) is 2.96. The third-order valence-electron chi connectivity index (χ3n) is 3.73. The quantitative estimate of drug-likeness (QED) is 0.536. The molecule has 0 radical (unpaired) electrons. The number of amides is 1. The number of benzene rings is 1. The van der Waals surface area contributed by atoms with Crippen LogP contribution in [-0.4, -0.2) is 10.9 Å². The smallest absolute Gasteiger partial charge is 0.269 e. The molecule has 4 rings (SSSR count). The van der Waals surface area contributed by atoms with Gasteiger partial charge >= 0.3 is 0 Å². The van der Waals surface area contributed by atoms with Crippen LogP contribution in [-0.2, 0) is 6.54 Å². The molecule has 0 fully saturated rings. The second-order valence-electron chi connectivity index (χ2n) is 5.20. The third-order valence-corrected chi connectivity index (χ3v) is 5.66. The van der Waals surface area contributed by atoms with E-state index in [2.05, 4.69) is 27.0 Å². The average Bonchev–Trinajstić information content (AvgIpc) is 3.09. The summed E-state index contributed by atoms with van der Waals surface area (Å²) in [6, 6.07) is 13.5. The minimum atomic E-state index is 0.0364. The van der Waals surface area contributed by atoms with Gasteiger partial charge in [0.05, 0.1) is 23.3 Å². The first kappa shape index (κ1) is 14.9. The monoisotopic (exact) mass is 404 g/mol. The van der Waals surface area contributed by atoms with Gasteiger partial charge in [0.15, 0.2) is 0 Å². The molecule has 1 aliphatic heterocycles. The molecule has 1 aromatic carbocycles. The number of rotatable bonds is 2. The molecule has 23 heavy (non-hydrogen) atoms. The van der Waals surface area contributed by atoms with Crippen LogP contribution in [0, 0.1) is 0 Å². The molecule has 0 unspecified atom stereocenters. The molecule has 0 N–H and O–H groups in total. The fourth-order valence-corrected chi connectivity index (χ4v) is 4.07. The van der Waals surface area contributed by atoms with Crippen molar-refractivity contribution in [1.82, 2.24) is 4.98 Å². The predicted molar refractivity (Wildman–Crippen MR) is 97.2 cm³/mol. The molecule has 1 aliphatic rings. The van der Waals surface area contributed by atoms with Crippen molar-refractivity contribution >= 4 is 50.5 Å². The Morgan fingerprint density at radius 3 is 2.61 bits per heavy atom. The minimum Gasteiger partial charge on any atom is -0.302 e. The normalized spacial score (nSPS) is 13.5. The number of carbonyl (C=O) groups is 1. The van der Waals surface area contributed by atoms with Gasteiger partial charge in [0, 0.05) is 9.90 Å². The molecule has 3 nitrogen and oxygen atoms in total. The summed E-state index contributed by atoms with van der Waals surface area (Å²) < 4.78 is 0.757. The van der Waals surface area contributed by atoms with Crippen LogP contribution in [0.5, 0.6) is 0 Å². The van der Waals surface area contributed by atoms with E-state index in [4.69, 9.17) is 11.6 Å². The van der Waals surface area contributed by atoms with Crippen molar-refractivity contribution in [2.75, 3.05) is 4.90 Å². The predicted octanol–water partition coefficient (Wildman–Crippen LogP) is 5.39. The van der Waals surface area contributed by atoms with Crippen LogP contribution in [0.2, 0.25) is 5.02 Å². The number of hydrogen-bond donors (Lipinski definition) is 0. The van der Waals surface area contributed by atoms with Gasteiger partial charge in [0.25, 0.3) is 5.91 Å². The number of anilines is 1. The summed E-state index contributed by atoms with van der Waals surface area (Å²) >= 11 is 10.8. The molecule has 0 saturated heterocycles. The van der Waals surface area contributed by atoms with Crippen LogP contribution in [0.15, 0.2) is 53.3 Å². The van der Waals surface area contributed by atoms with Gasteiger partial charge in [-0.1, -0.05) is 23.7 Å². The lowest BCUT2D eigenvalue weighted by atomic mass is 10.1. The Labute approximate surface area is 150 Å². The Balaban J connectivity index is 1.65. The van der Waals surface area contributed by atoms with Crippen molar-refractivity contribution in [2.24, 2.45) is 0 Å². The lowest BCUT2D eigenvalue weighted by Crippen LogP contribution is -2.22. The van der Waals surface area contributed by atoms with E-state index in [0.717, 1.165) is 31.2 Å². The van der Waals surface area contributed by atoms with E-state index in [0.29, 0.717) is 11.6 Å². The summed E-state index contributed by atoms with van der Waals surface area (Å²) in [6.07, 6.45) is 1.71. The van der Waals surface area contributed by atoms with Gasteiger partial charge in [0.2, 0.25) is 0 Å². The Morgan fingerprint density at radius 1 is 1.17 bits per heavy atom. The molecule has 1 amide bonds. The number of thiophene rings is 1. The number of pyridine rings is 1. The third kappa shape index (κ3) is 2.69. The fourth-order valence-electron chi connectivity index (χ4n) is 2.58. The van der Waals surface area contributed by atoms with E-state index >= 15 is 0 Å². The number of aromatic nitrogens is 1. The number of hydrogen-bond acceptors (Lipinski definition) is 3. The first-order chi connectivity index (χ1) is 11.1. The lowest BCUT2D eigenvalue weighted by molar-refractivity contribution is 0.1000. The molecular formula is C17H10BrClN2OS. The molecule has 0 spiro atoms. The van der Waals surface area contributed by atoms with E-state index in [1.165, 1.54) is 11.3 Å². The van der Waals surface area contributed by atoms with Crippen LogP contribution in [0.3, 0.4) is 0 Å². The van der Waals surface area contributed by atoms with Crippen molar-refractivity contribution in [3.05, 3.63) is 68.7 Å². The van der Waals surface area contributed by atoms with Crippen LogP contribution >= 0.6 is 38.9 Å². The highest BCUT2D eigenvalue weighted by atomic mass is 79.9. The highest BCUT2D eigenvalue weighted by Gasteiger charge is 2.31. The first-order valence-corrected chi connectivity index (χ1v) is 8.92. The Morgan fingerprint density at radius 2 is 1.96 bits per heavy atom. The van der Waals surface area contributed by atoms with Gasteiger partial charge < -0.3 is 4.90 Å². The summed E-state index contributed by atoms with van der Waals surface area (Å²) in [6.45, 7) is 0.585. The Bertz CT molecular complexity index is 890. The zero-order valence-corrected chi connectivity index (χ0v) is 15.0. The van der Waals surface area contributed by atoms with Crippen LogP contribution in [0.1, 0.15) is 15.2 Å². The number of fused-ring (bicyclic) bond motifs is 1. The highest BCUT2D eigenvalue weighted by Crippen LogP contribution is 2.38. The zero-order valence-electron chi connectivity index (χ0n) is 11.8. The Hall–Kier alpha value is -1.69. The largest absolute Gasteiger partial charge is 0.302 e. The molecule has 3 aromatic rings. The second kappa shape index (κ2) is 5.74. The number of halogens is 2. The van der Waals surface area contributed by atoms with Gasteiger partial charge in [0.1, 0.15) is 4.60 Å². The molecule has 114 valence electrons. The van der Waals surface area contributed by atoms with Crippen LogP contribution in [0.4, 0.5) is 5.69 Å². The van der Waals surface area contributed by atoms with E-state index in [9.17, 15) is 4.79 Å². The van der Waals surface area contributed by atoms with Gasteiger partial charge in [-0.25, -0.2) is 4.98 Å². The van der Waals surface area contributed by atoms with E-state index in [1.807, 2.05) is 36.4 Å². The standard InChI is InChI=1S/C17H10BrClN2OS/c18-15-6-5-13(8-20-15)21-9-11-7-14(23-16(11)17(21)22)10-1-3-12(19)4-2-10/h1-8H,9H2. The average molecular weight is 406 g/mol. The van der Waals surface area contributed by atoms with Crippen molar-refractivity contribution in [2.45, 2.75) is 6.54 Å². The van der Waals surface area contributed by atoms with Crippen molar-refractivity contribution < 1.29 is 4.79 Å². The molecule has 0 saturated carbocycles. The topological polar surface area (TPSA) is 33.2 Å². The van der Waals surface area contributed by atoms with Crippen LogP contribution in [0.25, 0.3) is 10.4 Å². The summed E-state index contributed by atoms with van der Waals surface area (Å²) in [7, 11) is 0. The summed E-state index contributed by atoms with van der Waals surface area (Å²) in [4.78, 5) is 20.5. The Kier molecular flexibility index (Phi) is 3.71. The highest BCUT2D eigenvalue weighted by molar-refractivity contribution is 9.10. The second-order valence-corrected chi connectivity index (χ2v) is 7.50. The molecular weight excluding hydrogens is 396 g/mol.